The summed E-state index contributed by atoms with van der Waals surface area (Å²) >= 11 is 0. The number of aryl methyl sites for hydroxylation is 1. The number of hydrogen-bond acceptors (Lipinski definition) is 3. The van der Waals surface area contributed by atoms with Crippen LogP contribution < -0.4 is 10.6 Å². The lowest BCUT2D eigenvalue weighted by atomic mass is 9.98. The molecular weight excluding hydrogens is 302 g/mol. The first-order valence-corrected chi connectivity index (χ1v) is 8.21. The van der Waals surface area contributed by atoms with Crippen LogP contribution in [0.4, 0.5) is 16.2 Å². The third kappa shape index (κ3) is 4.83. The van der Waals surface area contributed by atoms with E-state index < -0.39 is 0 Å². The molecule has 0 saturated heterocycles. The zero-order chi connectivity index (χ0) is 17.7. The molecule has 0 aliphatic heterocycles. The molecule has 0 unspecified atom stereocenters. The Morgan fingerprint density at radius 2 is 2.04 bits per heavy atom. The van der Waals surface area contributed by atoms with Gasteiger partial charge in [-0.2, -0.15) is 5.10 Å². The molecule has 0 spiro atoms. The summed E-state index contributed by atoms with van der Waals surface area (Å²) in [5.41, 5.74) is 3.75. The lowest BCUT2D eigenvalue weighted by Crippen LogP contribution is -2.21. The van der Waals surface area contributed by atoms with Crippen LogP contribution in [0.3, 0.4) is 0 Å². The van der Waals surface area contributed by atoms with Crippen LogP contribution in [-0.4, -0.2) is 41.4 Å². The van der Waals surface area contributed by atoms with Gasteiger partial charge in [0.1, 0.15) is 0 Å². The quantitative estimate of drug-likeness (QED) is 0.852. The van der Waals surface area contributed by atoms with Crippen molar-refractivity contribution in [3.8, 4) is 0 Å². The maximum absolute atomic E-state index is 12.3. The molecule has 0 aliphatic carbocycles. The van der Waals surface area contributed by atoms with Crippen molar-refractivity contribution in [2.75, 3.05) is 31.3 Å². The molecule has 0 bridgehead atoms. The van der Waals surface area contributed by atoms with Gasteiger partial charge in [0.15, 0.2) is 0 Å². The smallest absolute Gasteiger partial charge is 0.308 e. The second-order valence-corrected chi connectivity index (χ2v) is 6.57. The molecule has 2 aromatic rings. The van der Waals surface area contributed by atoms with Crippen LogP contribution in [0, 0.1) is 6.92 Å². The molecule has 6 heteroatoms. The summed E-state index contributed by atoms with van der Waals surface area (Å²) in [6, 6.07) is 5.81. The van der Waals surface area contributed by atoms with Gasteiger partial charge in [0.25, 0.3) is 0 Å². The Labute approximate surface area is 143 Å². The number of urea groups is 1. The minimum Gasteiger partial charge on any atom is -0.308 e. The lowest BCUT2D eigenvalue weighted by molar-refractivity contribution is 0.262. The fourth-order valence-corrected chi connectivity index (χ4v) is 2.47. The van der Waals surface area contributed by atoms with Gasteiger partial charge in [0.2, 0.25) is 0 Å². The van der Waals surface area contributed by atoms with Crippen molar-refractivity contribution in [3.05, 3.63) is 41.7 Å². The number of para-hydroxylation sites is 1. The number of nitrogens with zero attached hydrogens (tertiary/aromatic N) is 3. The maximum atomic E-state index is 12.3. The molecule has 1 heterocycles. The summed E-state index contributed by atoms with van der Waals surface area (Å²) in [7, 11) is 4.04. The van der Waals surface area contributed by atoms with Gasteiger partial charge in [-0.05, 0) is 38.1 Å². The summed E-state index contributed by atoms with van der Waals surface area (Å²) in [4.78, 5) is 14.4. The highest BCUT2D eigenvalue weighted by Gasteiger charge is 2.12. The molecule has 0 atom stereocenters. The van der Waals surface area contributed by atoms with Gasteiger partial charge in [-0.25, -0.2) is 4.79 Å². The molecule has 0 saturated carbocycles. The van der Waals surface area contributed by atoms with Gasteiger partial charge in [0, 0.05) is 18.4 Å². The van der Waals surface area contributed by atoms with Gasteiger partial charge >= 0.3 is 6.03 Å². The highest BCUT2D eigenvalue weighted by molar-refractivity contribution is 6.00. The Morgan fingerprint density at radius 1 is 1.29 bits per heavy atom. The minimum atomic E-state index is -0.252. The molecule has 130 valence electrons. The first kappa shape index (κ1) is 18.0. The number of nitrogens with one attached hydrogen (secondary N) is 2. The first-order valence-electron chi connectivity index (χ1n) is 8.21. The van der Waals surface area contributed by atoms with Crippen LogP contribution in [0.25, 0.3) is 0 Å². The van der Waals surface area contributed by atoms with Crippen molar-refractivity contribution >= 4 is 17.4 Å². The number of carbonyl (C=O) groups excluding carboxylic acids is 1. The highest BCUT2D eigenvalue weighted by atomic mass is 16.2. The predicted octanol–water partition coefficient (Wildman–Crippen LogP) is 3.52. The molecule has 0 radical (unpaired) electrons. The van der Waals surface area contributed by atoms with Crippen LogP contribution in [0.2, 0.25) is 0 Å². The SMILES string of the molecule is Cc1cccc(C(C)C)c1NC(=O)Nc1cnn(CCN(C)C)c1. The number of rotatable bonds is 6. The van der Waals surface area contributed by atoms with E-state index >= 15 is 0 Å². The number of benzene rings is 1. The van der Waals surface area contributed by atoms with Gasteiger partial charge in [-0.1, -0.05) is 32.0 Å². The Kier molecular flexibility index (Phi) is 5.98. The summed E-state index contributed by atoms with van der Waals surface area (Å²) in [6.07, 6.45) is 3.50. The van der Waals surface area contributed by atoms with Crippen molar-refractivity contribution < 1.29 is 4.79 Å². The molecule has 2 amide bonds. The average molecular weight is 329 g/mol. The Morgan fingerprint density at radius 3 is 2.71 bits per heavy atom. The standard InChI is InChI=1S/C18H27N5O/c1-13(2)16-8-6-7-14(3)17(16)21-18(24)20-15-11-19-23(12-15)10-9-22(4)5/h6-8,11-13H,9-10H2,1-5H3,(H2,20,21,24). The fraction of sp³-hybridized carbons (Fsp3) is 0.444. The summed E-state index contributed by atoms with van der Waals surface area (Å²) in [6.45, 7) is 7.92. The van der Waals surface area contributed by atoms with Crippen molar-refractivity contribution in [3.63, 3.8) is 0 Å². The van der Waals surface area contributed by atoms with Gasteiger partial charge in [0.05, 0.1) is 18.4 Å². The van der Waals surface area contributed by atoms with E-state index in [-0.39, 0.29) is 6.03 Å². The van der Waals surface area contributed by atoms with Crippen molar-refractivity contribution in [1.82, 2.24) is 14.7 Å². The van der Waals surface area contributed by atoms with Crippen LogP contribution in [0.5, 0.6) is 0 Å². The molecule has 0 fully saturated rings. The first-order chi connectivity index (χ1) is 11.4. The Bertz CT molecular complexity index is 690. The monoisotopic (exact) mass is 329 g/mol. The van der Waals surface area contributed by atoms with E-state index in [1.54, 1.807) is 6.20 Å². The van der Waals surface area contributed by atoms with E-state index in [4.69, 9.17) is 0 Å². The largest absolute Gasteiger partial charge is 0.323 e. The van der Waals surface area contributed by atoms with Gasteiger partial charge in [-0.15, -0.1) is 0 Å². The van der Waals surface area contributed by atoms with E-state index in [2.05, 4.69) is 34.5 Å². The second-order valence-electron chi connectivity index (χ2n) is 6.57. The Hall–Kier alpha value is -2.34. The number of aromatic nitrogens is 2. The third-order valence-corrected chi connectivity index (χ3v) is 3.83. The van der Waals surface area contributed by atoms with E-state index in [0.29, 0.717) is 11.6 Å². The van der Waals surface area contributed by atoms with E-state index in [1.807, 2.05) is 50.1 Å². The van der Waals surface area contributed by atoms with Crippen molar-refractivity contribution in [1.29, 1.82) is 0 Å². The molecule has 2 rings (SSSR count). The molecule has 2 N–H and O–H groups in total. The Balaban J connectivity index is 2.02. The molecule has 1 aromatic heterocycles. The van der Waals surface area contributed by atoms with Crippen molar-refractivity contribution in [2.24, 2.45) is 0 Å². The molecule has 24 heavy (non-hydrogen) atoms. The number of anilines is 2. The third-order valence-electron chi connectivity index (χ3n) is 3.83. The number of likely N-dealkylation sites (N-methyl/N-ethyl adjacent to an activating group) is 1. The van der Waals surface area contributed by atoms with Crippen LogP contribution in [-0.2, 0) is 6.54 Å². The molecular formula is C18H27N5O. The normalized spacial score (nSPS) is 11.1. The molecule has 0 aliphatic rings. The van der Waals surface area contributed by atoms with Gasteiger partial charge in [-0.3, -0.25) is 4.68 Å². The van der Waals surface area contributed by atoms with Crippen LogP contribution >= 0.6 is 0 Å². The van der Waals surface area contributed by atoms with E-state index in [0.717, 1.165) is 29.9 Å². The maximum Gasteiger partial charge on any atom is 0.323 e. The summed E-state index contributed by atoms with van der Waals surface area (Å²) < 4.78 is 1.82. The molecule has 6 nitrogen and oxygen atoms in total. The number of hydrogen-bond donors (Lipinski definition) is 2. The molecule has 1 aromatic carbocycles. The van der Waals surface area contributed by atoms with Crippen LogP contribution in [0.15, 0.2) is 30.6 Å². The fourth-order valence-electron chi connectivity index (χ4n) is 2.47. The van der Waals surface area contributed by atoms with Crippen molar-refractivity contribution in [2.45, 2.75) is 33.2 Å². The van der Waals surface area contributed by atoms with Crippen LogP contribution in [0.1, 0.15) is 30.9 Å². The zero-order valence-corrected chi connectivity index (χ0v) is 15.1. The van der Waals surface area contributed by atoms with E-state index in [1.165, 1.54) is 0 Å². The highest BCUT2D eigenvalue weighted by Crippen LogP contribution is 2.27. The lowest BCUT2D eigenvalue weighted by Gasteiger charge is -2.16. The minimum absolute atomic E-state index is 0.252. The number of carbonyl (C=O) groups is 1. The summed E-state index contributed by atoms with van der Waals surface area (Å²) in [5.74, 6) is 0.342. The van der Waals surface area contributed by atoms with E-state index in [9.17, 15) is 4.79 Å². The zero-order valence-electron chi connectivity index (χ0n) is 15.1. The second kappa shape index (κ2) is 7.97. The topological polar surface area (TPSA) is 62.2 Å². The predicted molar refractivity (Wildman–Crippen MR) is 98.7 cm³/mol. The van der Waals surface area contributed by atoms with Gasteiger partial charge < -0.3 is 15.5 Å². The summed E-state index contributed by atoms with van der Waals surface area (Å²) in [5, 5.41) is 10.1. The average Bonchev–Trinajstić information content (AvgIpc) is 2.94. The number of amides is 2.